The highest BCUT2D eigenvalue weighted by molar-refractivity contribution is 5.96. The summed E-state index contributed by atoms with van der Waals surface area (Å²) in [7, 11) is 1.68. The summed E-state index contributed by atoms with van der Waals surface area (Å²) < 4.78 is 13.7. The van der Waals surface area contributed by atoms with Gasteiger partial charge in [-0.3, -0.25) is 19.7 Å². The molecule has 0 amide bonds. The Labute approximate surface area is 224 Å². The minimum atomic E-state index is -0.435. The van der Waals surface area contributed by atoms with Gasteiger partial charge in [0, 0.05) is 54.6 Å². The molecule has 0 fully saturated rings. The van der Waals surface area contributed by atoms with Crippen molar-refractivity contribution in [3.63, 3.8) is 0 Å². The Morgan fingerprint density at radius 1 is 0.949 bits per heavy atom. The number of aromatic nitrogens is 2. The second kappa shape index (κ2) is 12.4. The molecule has 0 atom stereocenters. The fourth-order valence-electron chi connectivity index (χ4n) is 4.16. The second-order valence-corrected chi connectivity index (χ2v) is 8.55. The fraction of sp³-hybridized carbons (Fsp3) is 0.133. The number of nitrogens with zero attached hydrogens (tertiary/aromatic N) is 3. The third-order valence-corrected chi connectivity index (χ3v) is 5.96. The summed E-state index contributed by atoms with van der Waals surface area (Å²) in [5.41, 5.74) is 2.61. The van der Waals surface area contributed by atoms with Crippen LogP contribution in [0, 0.1) is 10.1 Å². The maximum Gasteiger partial charge on any atom is 0.293 e. The van der Waals surface area contributed by atoms with Gasteiger partial charge in [0.1, 0.15) is 17.0 Å². The van der Waals surface area contributed by atoms with Crippen molar-refractivity contribution in [1.82, 2.24) is 9.13 Å². The van der Waals surface area contributed by atoms with Gasteiger partial charge in [0.25, 0.3) is 17.7 Å². The molecule has 0 saturated carbocycles. The molecule has 0 aliphatic carbocycles. The number of ether oxygens (including phenoxy) is 2. The number of nitro groups is 1. The molecular formula is C30H27N3O6. The Kier molecular flexibility index (Phi) is 8.53. The van der Waals surface area contributed by atoms with Crippen molar-refractivity contribution in [2.24, 2.45) is 7.05 Å². The molecular weight excluding hydrogens is 498 g/mol. The zero-order chi connectivity index (χ0) is 27.8. The minimum Gasteiger partial charge on any atom is -0.468 e. The van der Waals surface area contributed by atoms with Crippen LogP contribution in [0.25, 0.3) is 22.0 Å². The van der Waals surface area contributed by atoms with Gasteiger partial charge in [-0.25, -0.2) is 0 Å². The predicted octanol–water partition coefficient (Wildman–Crippen LogP) is 5.94. The predicted molar refractivity (Wildman–Crippen MR) is 149 cm³/mol. The molecule has 5 aromatic rings. The third-order valence-electron chi connectivity index (χ3n) is 5.96. The van der Waals surface area contributed by atoms with Gasteiger partial charge in [0.15, 0.2) is 0 Å². The molecule has 0 spiro atoms. The maximum atomic E-state index is 13.1. The summed E-state index contributed by atoms with van der Waals surface area (Å²) in [4.78, 5) is 33.4. The first-order valence-electron chi connectivity index (χ1n) is 12.2. The van der Waals surface area contributed by atoms with Crippen molar-refractivity contribution in [2.45, 2.75) is 13.5 Å². The van der Waals surface area contributed by atoms with E-state index in [1.807, 2.05) is 77.5 Å². The van der Waals surface area contributed by atoms with E-state index in [-0.39, 0.29) is 11.2 Å². The number of para-hydroxylation sites is 1. The summed E-state index contributed by atoms with van der Waals surface area (Å²) in [6, 6.07) is 25.5. The largest absolute Gasteiger partial charge is 0.468 e. The van der Waals surface area contributed by atoms with Crippen molar-refractivity contribution in [3.8, 4) is 22.6 Å². The molecule has 0 bridgehead atoms. The summed E-state index contributed by atoms with van der Waals surface area (Å²) in [5.74, 6) is 1.08. The number of pyridine rings is 1. The van der Waals surface area contributed by atoms with Crippen LogP contribution < -0.4 is 10.3 Å². The van der Waals surface area contributed by atoms with Gasteiger partial charge in [-0.15, -0.1) is 0 Å². The topological polar surface area (TPSA) is 106 Å². The van der Waals surface area contributed by atoms with Crippen molar-refractivity contribution < 1.29 is 19.2 Å². The number of benzene rings is 3. The fourth-order valence-corrected chi connectivity index (χ4v) is 4.16. The molecule has 9 heteroatoms. The molecule has 9 nitrogen and oxygen atoms in total. The molecule has 198 valence electrons. The number of carbonyl (C=O) groups is 1. The lowest BCUT2D eigenvalue weighted by Crippen LogP contribution is -2.19. The number of rotatable bonds is 8. The van der Waals surface area contributed by atoms with E-state index >= 15 is 0 Å². The average molecular weight is 526 g/mol. The lowest BCUT2D eigenvalue weighted by molar-refractivity contribution is -0.384. The van der Waals surface area contributed by atoms with Gasteiger partial charge < -0.3 is 18.6 Å². The molecule has 2 heterocycles. The van der Waals surface area contributed by atoms with Crippen LogP contribution in [0.5, 0.6) is 11.5 Å². The van der Waals surface area contributed by atoms with Crippen molar-refractivity contribution >= 4 is 23.1 Å². The van der Waals surface area contributed by atoms with E-state index in [1.165, 1.54) is 16.7 Å². The van der Waals surface area contributed by atoms with E-state index in [0.717, 1.165) is 5.56 Å². The number of hydrogen-bond donors (Lipinski definition) is 0. The highest BCUT2D eigenvalue weighted by Gasteiger charge is 2.20. The first-order valence-corrected chi connectivity index (χ1v) is 12.2. The number of fused-ring (bicyclic) bond motifs is 1. The number of nitro benzene ring substituents is 1. The zero-order valence-electron chi connectivity index (χ0n) is 21.5. The molecule has 0 saturated heterocycles. The van der Waals surface area contributed by atoms with Crippen LogP contribution in [0.3, 0.4) is 0 Å². The summed E-state index contributed by atoms with van der Waals surface area (Å²) >= 11 is 0. The van der Waals surface area contributed by atoms with Crippen LogP contribution in [0.1, 0.15) is 12.5 Å². The highest BCUT2D eigenvalue weighted by Crippen LogP contribution is 2.39. The van der Waals surface area contributed by atoms with Crippen molar-refractivity contribution in [1.29, 1.82) is 0 Å². The second-order valence-electron chi connectivity index (χ2n) is 8.55. The van der Waals surface area contributed by atoms with E-state index in [1.54, 1.807) is 26.2 Å². The van der Waals surface area contributed by atoms with E-state index in [0.29, 0.717) is 53.2 Å². The molecule has 0 aliphatic rings. The number of aryl methyl sites for hydroxylation is 1. The summed E-state index contributed by atoms with van der Waals surface area (Å²) in [6.45, 7) is 3.20. The third kappa shape index (κ3) is 6.22. The molecule has 0 radical (unpaired) electrons. The molecule has 39 heavy (non-hydrogen) atoms. The molecule has 5 rings (SSSR count). The van der Waals surface area contributed by atoms with Gasteiger partial charge in [-0.1, -0.05) is 48.5 Å². The smallest absolute Gasteiger partial charge is 0.293 e. The minimum absolute atomic E-state index is 0.0545. The van der Waals surface area contributed by atoms with Gasteiger partial charge in [-0.2, -0.15) is 0 Å². The van der Waals surface area contributed by atoms with Gasteiger partial charge in [0.05, 0.1) is 11.5 Å². The number of hydrogen-bond acceptors (Lipinski definition) is 6. The maximum absolute atomic E-state index is 13.1. The Morgan fingerprint density at radius 2 is 1.64 bits per heavy atom. The van der Waals surface area contributed by atoms with E-state index in [2.05, 4.69) is 4.74 Å². The van der Waals surface area contributed by atoms with Crippen LogP contribution in [0.2, 0.25) is 0 Å². The van der Waals surface area contributed by atoms with Crippen LogP contribution in [0.15, 0.2) is 102 Å². The average Bonchev–Trinajstić information content (AvgIpc) is 3.36. The molecule has 0 unspecified atom stereocenters. The number of non-ortho nitro benzene ring substituents is 1. The molecule has 2 aromatic heterocycles. The van der Waals surface area contributed by atoms with E-state index in [9.17, 15) is 19.7 Å². The molecule has 0 aliphatic heterocycles. The van der Waals surface area contributed by atoms with E-state index in [4.69, 9.17) is 4.74 Å². The normalized spacial score (nSPS) is 10.4. The standard InChI is InChI=1S/C27H21N3O4.C3H6O2/c1-28-18-24(22-14-15-29(26(22)27(28)31)17-19-8-4-2-5-9-19)23-16-20(30(32)33)12-13-25(23)34-21-10-6-3-7-11-21;1-2-5-3-4/h2-16,18H,17H2,1H3;3H,2H2,1H3. The van der Waals surface area contributed by atoms with Crippen molar-refractivity contribution in [3.05, 3.63) is 123 Å². The van der Waals surface area contributed by atoms with Gasteiger partial charge >= 0.3 is 0 Å². The van der Waals surface area contributed by atoms with Crippen LogP contribution in [-0.2, 0) is 23.1 Å². The monoisotopic (exact) mass is 525 g/mol. The number of carbonyl (C=O) groups excluding carboxylic acids is 1. The lowest BCUT2D eigenvalue weighted by Gasteiger charge is -2.14. The first-order chi connectivity index (χ1) is 18.9. The zero-order valence-corrected chi connectivity index (χ0v) is 21.5. The van der Waals surface area contributed by atoms with E-state index < -0.39 is 4.92 Å². The van der Waals surface area contributed by atoms with Gasteiger partial charge in [0.2, 0.25) is 0 Å². The summed E-state index contributed by atoms with van der Waals surface area (Å²) in [6.07, 6.45) is 3.58. The summed E-state index contributed by atoms with van der Waals surface area (Å²) in [5, 5.41) is 12.3. The Morgan fingerprint density at radius 3 is 2.26 bits per heavy atom. The van der Waals surface area contributed by atoms with Gasteiger partial charge in [-0.05, 0) is 36.8 Å². The van der Waals surface area contributed by atoms with Crippen molar-refractivity contribution in [2.75, 3.05) is 6.61 Å². The Bertz CT molecular complexity index is 1640. The Balaban J connectivity index is 0.000000648. The highest BCUT2D eigenvalue weighted by atomic mass is 16.6. The first kappa shape index (κ1) is 26.9. The Hall–Kier alpha value is -5.18. The SMILES string of the molecule is CCOC=O.Cn1cc(-c2cc([N+](=O)[O-])ccc2Oc2ccccc2)c2ccn(Cc3ccccc3)c2c1=O. The molecule has 3 aromatic carbocycles. The van der Waals surface area contributed by atoms with Crippen LogP contribution >= 0.6 is 0 Å². The lowest BCUT2D eigenvalue weighted by atomic mass is 10.0. The molecule has 0 N–H and O–H groups in total. The quantitative estimate of drug-likeness (QED) is 0.141. The van der Waals surface area contributed by atoms with Crippen LogP contribution in [-0.4, -0.2) is 27.1 Å². The van der Waals surface area contributed by atoms with Crippen LogP contribution in [0.4, 0.5) is 5.69 Å².